The number of nitrogens with two attached hydrogens (primary N) is 1. The molecule has 0 aliphatic rings. The number of benzene rings is 1. The average molecular weight is 229 g/mol. The van der Waals surface area contributed by atoms with Gasteiger partial charge in [-0.1, -0.05) is 44.2 Å². The topological polar surface area (TPSA) is 54.7 Å². The Labute approximate surface area is 102 Å². The Morgan fingerprint density at radius 1 is 1.18 bits per heavy atom. The van der Waals surface area contributed by atoms with Gasteiger partial charge in [0.1, 0.15) is 5.82 Å². The van der Waals surface area contributed by atoms with Crippen molar-refractivity contribution in [2.45, 2.75) is 32.6 Å². The third-order valence-electron chi connectivity index (χ3n) is 3.00. The van der Waals surface area contributed by atoms with Crippen LogP contribution in [-0.4, -0.2) is 10.2 Å². The molecule has 1 aromatic heterocycles. The Morgan fingerprint density at radius 2 is 1.88 bits per heavy atom. The van der Waals surface area contributed by atoms with Gasteiger partial charge in [-0.25, -0.2) is 0 Å². The highest BCUT2D eigenvalue weighted by Crippen LogP contribution is 2.24. The normalized spacial score (nSPS) is 11.0. The number of nitrogens with one attached hydrogen (secondary N) is 1. The molecule has 0 atom stereocenters. The Bertz CT molecular complexity index is 471. The fourth-order valence-corrected chi connectivity index (χ4v) is 2.15. The van der Waals surface area contributed by atoms with Crippen molar-refractivity contribution in [3.8, 4) is 0 Å². The lowest BCUT2D eigenvalue weighted by atomic mass is 9.99. The second kappa shape index (κ2) is 5.04. The number of H-pyrrole nitrogens is 1. The van der Waals surface area contributed by atoms with Crippen LogP contribution >= 0.6 is 0 Å². The van der Waals surface area contributed by atoms with Gasteiger partial charge in [0.2, 0.25) is 0 Å². The van der Waals surface area contributed by atoms with E-state index in [0.717, 1.165) is 12.8 Å². The molecule has 90 valence electrons. The predicted molar refractivity (Wildman–Crippen MR) is 70.9 cm³/mol. The average Bonchev–Trinajstić information content (AvgIpc) is 2.69. The van der Waals surface area contributed by atoms with E-state index in [1.165, 1.54) is 16.8 Å². The van der Waals surface area contributed by atoms with Gasteiger partial charge in [-0.2, -0.15) is 5.10 Å². The molecular formula is C14H19N3. The predicted octanol–water partition coefficient (Wildman–Crippen LogP) is 2.90. The highest BCUT2D eigenvalue weighted by molar-refractivity contribution is 5.44. The number of nitrogen functional groups attached to an aromatic ring is 1. The largest absolute Gasteiger partial charge is 0.382 e. The number of hydrogen-bond acceptors (Lipinski definition) is 2. The minimum absolute atomic E-state index is 0.416. The molecule has 0 bridgehead atoms. The van der Waals surface area contributed by atoms with Gasteiger partial charge in [-0.15, -0.1) is 0 Å². The lowest BCUT2D eigenvalue weighted by Crippen LogP contribution is -1.99. The Kier molecular flexibility index (Phi) is 3.47. The summed E-state index contributed by atoms with van der Waals surface area (Å²) >= 11 is 0. The van der Waals surface area contributed by atoms with Gasteiger partial charge in [-0.3, -0.25) is 5.10 Å². The molecule has 3 heteroatoms. The third kappa shape index (κ3) is 2.67. The number of rotatable bonds is 4. The van der Waals surface area contributed by atoms with Crippen LogP contribution in [0.4, 0.5) is 5.82 Å². The van der Waals surface area contributed by atoms with Crippen LogP contribution in [0.15, 0.2) is 30.3 Å². The number of aryl methyl sites for hydroxylation is 2. The van der Waals surface area contributed by atoms with E-state index in [1.54, 1.807) is 0 Å². The maximum Gasteiger partial charge on any atom is 0.148 e. The van der Waals surface area contributed by atoms with Crippen molar-refractivity contribution in [3.05, 3.63) is 47.2 Å². The second-order valence-corrected chi connectivity index (χ2v) is 4.64. The minimum atomic E-state index is 0.416. The maximum atomic E-state index is 5.87. The van der Waals surface area contributed by atoms with Gasteiger partial charge in [-0.05, 0) is 24.3 Å². The van der Waals surface area contributed by atoms with Gasteiger partial charge in [0.05, 0.1) is 0 Å². The van der Waals surface area contributed by atoms with Crippen LogP contribution in [-0.2, 0) is 12.8 Å². The van der Waals surface area contributed by atoms with Gasteiger partial charge < -0.3 is 5.73 Å². The highest BCUT2D eigenvalue weighted by Gasteiger charge is 2.13. The number of aromatic nitrogens is 2. The summed E-state index contributed by atoms with van der Waals surface area (Å²) in [6.45, 7) is 4.29. The molecule has 0 aliphatic carbocycles. The number of nitrogens with zero attached hydrogens (tertiary/aromatic N) is 1. The molecule has 1 heterocycles. The third-order valence-corrected chi connectivity index (χ3v) is 3.00. The summed E-state index contributed by atoms with van der Waals surface area (Å²) < 4.78 is 0. The van der Waals surface area contributed by atoms with Crippen LogP contribution in [0, 0.1) is 0 Å². The maximum absolute atomic E-state index is 5.87. The second-order valence-electron chi connectivity index (χ2n) is 4.64. The van der Waals surface area contributed by atoms with E-state index in [4.69, 9.17) is 5.73 Å². The van der Waals surface area contributed by atoms with Gasteiger partial charge in [0.25, 0.3) is 0 Å². The number of aromatic amines is 1. The van der Waals surface area contributed by atoms with Crippen LogP contribution in [0.5, 0.6) is 0 Å². The lowest BCUT2D eigenvalue weighted by Gasteiger charge is -2.07. The van der Waals surface area contributed by atoms with Crippen molar-refractivity contribution in [2.75, 3.05) is 5.73 Å². The zero-order chi connectivity index (χ0) is 12.3. The SMILES string of the molecule is CC(C)c1c(N)n[nH]c1CCc1ccccc1. The molecule has 3 nitrogen and oxygen atoms in total. The molecule has 0 spiro atoms. The van der Waals surface area contributed by atoms with E-state index < -0.39 is 0 Å². The van der Waals surface area contributed by atoms with E-state index in [1.807, 2.05) is 6.07 Å². The molecule has 3 N–H and O–H groups in total. The van der Waals surface area contributed by atoms with Crippen LogP contribution < -0.4 is 5.73 Å². The first-order valence-corrected chi connectivity index (χ1v) is 6.05. The summed E-state index contributed by atoms with van der Waals surface area (Å²) in [7, 11) is 0. The van der Waals surface area contributed by atoms with Crippen molar-refractivity contribution in [1.29, 1.82) is 0 Å². The molecule has 2 aromatic rings. The minimum Gasteiger partial charge on any atom is -0.382 e. The fraction of sp³-hybridized carbons (Fsp3) is 0.357. The van der Waals surface area contributed by atoms with E-state index in [2.05, 4.69) is 48.3 Å². The summed E-state index contributed by atoms with van der Waals surface area (Å²) in [4.78, 5) is 0. The van der Waals surface area contributed by atoms with Crippen LogP contribution in [0.1, 0.15) is 36.6 Å². The van der Waals surface area contributed by atoms with Crippen molar-refractivity contribution >= 4 is 5.82 Å². The summed E-state index contributed by atoms with van der Waals surface area (Å²) in [5.74, 6) is 1.06. The van der Waals surface area contributed by atoms with Gasteiger partial charge >= 0.3 is 0 Å². The monoisotopic (exact) mass is 229 g/mol. The Hall–Kier alpha value is -1.77. The van der Waals surface area contributed by atoms with Gasteiger partial charge in [0, 0.05) is 11.3 Å². The van der Waals surface area contributed by atoms with Gasteiger partial charge in [0.15, 0.2) is 0 Å². The van der Waals surface area contributed by atoms with E-state index in [0.29, 0.717) is 11.7 Å². The fourth-order valence-electron chi connectivity index (χ4n) is 2.15. The quantitative estimate of drug-likeness (QED) is 0.847. The molecule has 0 saturated heterocycles. The summed E-state index contributed by atoms with van der Waals surface area (Å²) in [6, 6.07) is 10.5. The molecular weight excluding hydrogens is 210 g/mol. The summed E-state index contributed by atoms with van der Waals surface area (Å²) in [5.41, 5.74) is 9.55. The molecule has 0 unspecified atom stereocenters. The molecule has 2 rings (SSSR count). The Morgan fingerprint density at radius 3 is 2.53 bits per heavy atom. The molecule has 0 saturated carbocycles. The molecule has 0 aliphatic heterocycles. The first-order chi connectivity index (χ1) is 8.18. The summed E-state index contributed by atoms with van der Waals surface area (Å²) in [6.07, 6.45) is 1.98. The van der Waals surface area contributed by atoms with E-state index in [-0.39, 0.29) is 0 Å². The van der Waals surface area contributed by atoms with Crippen LogP contribution in [0.2, 0.25) is 0 Å². The molecule has 0 fully saturated rings. The van der Waals surface area contributed by atoms with Crippen LogP contribution in [0.3, 0.4) is 0 Å². The zero-order valence-electron chi connectivity index (χ0n) is 10.4. The van der Waals surface area contributed by atoms with Crippen molar-refractivity contribution in [2.24, 2.45) is 0 Å². The highest BCUT2D eigenvalue weighted by atomic mass is 15.2. The molecule has 1 aromatic carbocycles. The number of hydrogen-bond donors (Lipinski definition) is 2. The first kappa shape index (κ1) is 11.7. The Balaban J connectivity index is 2.09. The van der Waals surface area contributed by atoms with Crippen molar-refractivity contribution in [3.63, 3.8) is 0 Å². The molecule has 17 heavy (non-hydrogen) atoms. The summed E-state index contributed by atoms with van der Waals surface area (Å²) in [5, 5.41) is 7.15. The molecule has 0 radical (unpaired) electrons. The van der Waals surface area contributed by atoms with E-state index in [9.17, 15) is 0 Å². The zero-order valence-corrected chi connectivity index (χ0v) is 10.4. The number of anilines is 1. The van der Waals surface area contributed by atoms with Crippen molar-refractivity contribution in [1.82, 2.24) is 10.2 Å². The first-order valence-electron chi connectivity index (χ1n) is 6.05. The smallest absolute Gasteiger partial charge is 0.148 e. The molecule has 0 amide bonds. The lowest BCUT2D eigenvalue weighted by molar-refractivity contribution is 0.819. The van der Waals surface area contributed by atoms with Crippen LogP contribution in [0.25, 0.3) is 0 Å². The van der Waals surface area contributed by atoms with Crippen molar-refractivity contribution < 1.29 is 0 Å². The standard InChI is InChI=1S/C14H19N3/c1-10(2)13-12(16-17-14(13)15)9-8-11-6-4-3-5-7-11/h3-7,10H,8-9H2,1-2H3,(H3,15,16,17). The van der Waals surface area contributed by atoms with E-state index >= 15 is 0 Å².